The van der Waals surface area contributed by atoms with Crippen molar-refractivity contribution < 1.29 is 4.79 Å². The zero-order valence-electron chi connectivity index (χ0n) is 13.8. The summed E-state index contributed by atoms with van der Waals surface area (Å²) < 4.78 is 0. The second kappa shape index (κ2) is 7.27. The quantitative estimate of drug-likeness (QED) is 0.846. The average Bonchev–Trinajstić information content (AvgIpc) is 2.37. The third kappa shape index (κ3) is 5.60. The molecule has 0 heterocycles. The summed E-state index contributed by atoms with van der Waals surface area (Å²) in [6, 6.07) is 7.96. The largest absolute Gasteiger partial charge is 0.337 e. The summed E-state index contributed by atoms with van der Waals surface area (Å²) in [7, 11) is 3.96. The molecule has 1 rings (SSSR count). The number of carbonyl (C=O) groups excluding carboxylic acids is 1. The monoisotopic (exact) mass is 289 g/mol. The predicted molar refractivity (Wildman–Crippen MR) is 89.3 cm³/mol. The van der Waals surface area contributed by atoms with Crippen LogP contribution in [0.15, 0.2) is 30.8 Å². The Morgan fingerprint density at radius 3 is 2.57 bits per heavy atom. The Kier molecular flexibility index (Phi) is 5.97. The first-order chi connectivity index (χ1) is 9.72. The van der Waals surface area contributed by atoms with Crippen molar-refractivity contribution in [2.45, 2.75) is 26.3 Å². The Morgan fingerprint density at radius 2 is 2.00 bits per heavy atom. The van der Waals surface area contributed by atoms with Gasteiger partial charge in [0.05, 0.1) is 5.54 Å². The fourth-order valence-electron chi connectivity index (χ4n) is 1.97. The summed E-state index contributed by atoms with van der Waals surface area (Å²) >= 11 is 0. The minimum absolute atomic E-state index is 0.150. The Bertz CT molecular complexity index is 507. The molecular formula is C17H27N3O. The number of allylic oxidation sites excluding steroid dienone is 1. The van der Waals surface area contributed by atoms with Crippen LogP contribution < -0.4 is 10.6 Å². The van der Waals surface area contributed by atoms with Gasteiger partial charge in [-0.05, 0) is 52.1 Å². The maximum Gasteiger partial charge on any atom is 0.315 e. The van der Waals surface area contributed by atoms with Gasteiger partial charge in [0.25, 0.3) is 0 Å². The van der Waals surface area contributed by atoms with Crippen LogP contribution in [0, 0.1) is 0 Å². The Hall–Kier alpha value is -1.81. The molecule has 21 heavy (non-hydrogen) atoms. The number of rotatable bonds is 6. The molecule has 0 atom stereocenters. The molecule has 0 saturated heterocycles. The van der Waals surface area contributed by atoms with E-state index in [0.29, 0.717) is 6.54 Å². The highest BCUT2D eigenvalue weighted by Crippen LogP contribution is 2.23. The molecule has 4 heteroatoms. The fraction of sp³-hybridized carbons (Fsp3) is 0.471. The maximum atomic E-state index is 12.0. The van der Waals surface area contributed by atoms with Gasteiger partial charge in [0.2, 0.25) is 0 Å². The van der Waals surface area contributed by atoms with Crippen LogP contribution in [0.2, 0.25) is 0 Å². The van der Waals surface area contributed by atoms with Gasteiger partial charge in [-0.25, -0.2) is 4.79 Å². The Balaban J connectivity index is 2.70. The maximum absolute atomic E-state index is 12.0. The van der Waals surface area contributed by atoms with Crippen LogP contribution in [-0.2, 0) is 5.54 Å². The number of hydrogen-bond acceptors (Lipinski definition) is 2. The molecule has 4 nitrogen and oxygen atoms in total. The van der Waals surface area contributed by atoms with E-state index >= 15 is 0 Å². The van der Waals surface area contributed by atoms with Gasteiger partial charge in [0.1, 0.15) is 0 Å². The van der Waals surface area contributed by atoms with Crippen molar-refractivity contribution in [3.8, 4) is 0 Å². The van der Waals surface area contributed by atoms with E-state index < -0.39 is 5.54 Å². The van der Waals surface area contributed by atoms with E-state index in [1.54, 1.807) is 0 Å². The van der Waals surface area contributed by atoms with Gasteiger partial charge in [-0.15, -0.1) is 0 Å². The summed E-state index contributed by atoms with van der Waals surface area (Å²) in [5.41, 5.74) is 2.73. The van der Waals surface area contributed by atoms with Crippen molar-refractivity contribution in [3.63, 3.8) is 0 Å². The highest BCUT2D eigenvalue weighted by Gasteiger charge is 2.22. The van der Waals surface area contributed by atoms with Crippen LogP contribution in [-0.4, -0.2) is 38.1 Å². The molecule has 116 valence electrons. The molecule has 0 aliphatic rings. The standard InChI is InChI=1S/C17H27N3O/c1-13(2)14-8-7-9-15(12-14)17(3,4)19-16(21)18-10-11-20(5)6/h7-9,12H,1,10-11H2,2-6H3,(H2,18,19,21). The lowest BCUT2D eigenvalue weighted by atomic mass is 9.92. The van der Waals surface area contributed by atoms with E-state index in [9.17, 15) is 4.79 Å². The van der Waals surface area contributed by atoms with Crippen molar-refractivity contribution in [1.82, 2.24) is 15.5 Å². The van der Waals surface area contributed by atoms with Crippen LogP contribution in [0.1, 0.15) is 31.9 Å². The molecule has 2 amide bonds. The van der Waals surface area contributed by atoms with E-state index in [4.69, 9.17) is 0 Å². The van der Waals surface area contributed by atoms with Crippen molar-refractivity contribution in [3.05, 3.63) is 42.0 Å². The minimum Gasteiger partial charge on any atom is -0.337 e. The molecule has 0 saturated carbocycles. The molecular weight excluding hydrogens is 262 g/mol. The van der Waals surface area contributed by atoms with Crippen LogP contribution in [0.4, 0.5) is 4.79 Å². The van der Waals surface area contributed by atoms with E-state index in [0.717, 1.165) is 23.2 Å². The number of urea groups is 1. The zero-order chi connectivity index (χ0) is 16.0. The van der Waals surface area contributed by atoms with Crippen molar-refractivity contribution in [2.24, 2.45) is 0 Å². The lowest BCUT2D eigenvalue weighted by Crippen LogP contribution is -2.47. The van der Waals surface area contributed by atoms with Gasteiger partial charge in [-0.1, -0.05) is 30.4 Å². The normalized spacial score (nSPS) is 11.3. The smallest absolute Gasteiger partial charge is 0.315 e. The number of nitrogens with zero attached hydrogens (tertiary/aromatic N) is 1. The lowest BCUT2D eigenvalue weighted by Gasteiger charge is -2.27. The Labute approximate surface area is 128 Å². The number of amides is 2. The molecule has 0 spiro atoms. The van der Waals surface area contributed by atoms with Crippen LogP contribution in [0.3, 0.4) is 0 Å². The van der Waals surface area contributed by atoms with Crippen LogP contribution in [0.25, 0.3) is 5.57 Å². The first-order valence-corrected chi connectivity index (χ1v) is 7.19. The summed E-state index contributed by atoms with van der Waals surface area (Å²) in [6.07, 6.45) is 0. The fourth-order valence-corrected chi connectivity index (χ4v) is 1.97. The summed E-state index contributed by atoms with van der Waals surface area (Å²) in [4.78, 5) is 14.0. The number of likely N-dealkylation sites (N-methyl/N-ethyl adjacent to an activating group) is 1. The molecule has 1 aromatic carbocycles. The van der Waals surface area contributed by atoms with Gasteiger partial charge in [0.15, 0.2) is 0 Å². The summed E-state index contributed by atoms with van der Waals surface area (Å²) in [6.45, 7) is 11.4. The minimum atomic E-state index is -0.437. The van der Waals surface area contributed by atoms with Gasteiger partial charge in [-0.3, -0.25) is 0 Å². The molecule has 0 fully saturated rings. The molecule has 0 bridgehead atoms. The van der Waals surface area contributed by atoms with Crippen LogP contribution in [0.5, 0.6) is 0 Å². The Morgan fingerprint density at radius 1 is 1.33 bits per heavy atom. The molecule has 1 aromatic rings. The van der Waals surface area contributed by atoms with E-state index in [2.05, 4.69) is 23.3 Å². The number of carbonyl (C=O) groups is 1. The third-order valence-corrected chi connectivity index (χ3v) is 3.35. The number of hydrogen-bond donors (Lipinski definition) is 2. The molecule has 0 radical (unpaired) electrons. The first-order valence-electron chi connectivity index (χ1n) is 7.19. The number of benzene rings is 1. The van der Waals surface area contributed by atoms with E-state index in [-0.39, 0.29) is 6.03 Å². The van der Waals surface area contributed by atoms with Gasteiger partial charge >= 0.3 is 6.03 Å². The van der Waals surface area contributed by atoms with Gasteiger partial charge in [-0.2, -0.15) is 0 Å². The highest BCUT2D eigenvalue weighted by atomic mass is 16.2. The lowest BCUT2D eigenvalue weighted by molar-refractivity contribution is 0.228. The van der Waals surface area contributed by atoms with E-state index in [1.165, 1.54) is 0 Å². The second-order valence-electron chi connectivity index (χ2n) is 6.17. The third-order valence-electron chi connectivity index (χ3n) is 3.35. The van der Waals surface area contributed by atoms with Gasteiger partial charge in [0, 0.05) is 13.1 Å². The second-order valence-corrected chi connectivity index (χ2v) is 6.17. The highest BCUT2D eigenvalue weighted by molar-refractivity contribution is 5.75. The molecule has 0 aliphatic heterocycles. The van der Waals surface area contributed by atoms with Crippen molar-refractivity contribution >= 4 is 11.6 Å². The zero-order valence-corrected chi connectivity index (χ0v) is 13.8. The van der Waals surface area contributed by atoms with Crippen LogP contribution >= 0.6 is 0 Å². The molecule has 0 aromatic heterocycles. The average molecular weight is 289 g/mol. The van der Waals surface area contributed by atoms with E-state index in [1.807, 2.05) is 58.0 Å². The SMILES string of the molecule is C=C(C)c1cccc(C(C)(C)NC(=O)NCCN(C)C)c1. The number of nitrogens with one attached hydrogen (secondary N) is 2. The topological polar surface area (TPSA) is 44.4 Å². The molecule has 0 unspecified atom stereocenters. The molecule has 0 aliphatic carbocycles. The summed E-state index contributed by atoms with van der Waals surface area (Å²) in [5.74, 6) is 0. The molecule has 2 N–H and O–H groups in total. The predicted octanol–water partition coefficient (Wildman–Crippen LogP) is 2.82. The van der Waals surface area contributed by atoms with Crippen molar-refractivity contribution in [1.29, 1.82) is 0 Å². The van der Waals surface area contributed by atoms with Crippen molar-refractivity contribution in [2.75, 3.05) is 27.2 Å². The first kappa shape index (κ1) is 17.2. The summed E-state index contributed by atoms with van der Waals surface area (Å²) in [5, 5.41) is 5.88. The van der Waals surface area contributed by atoms with Gasteiger partial charge < -0.3 is 15.5 Å².